The maximum absolute atomic E-state index is 12.4. The minimum atomic E-state index is -0.709. The van der Waals surface area contributed by atoms with Crippen molar-refractivity contribution >= 4 is 17.8 Å². The van der Waals surface area contributed by atoms with Crippen LogP contribution in [0.4, 0.5) is 0 Å². The molecule has 0 aliphatic heterocycles. The summed E-state index contributed by atoms with van der Waals surface area (Å²) in [5.74, 6) is -0.843. The van der Waals surface area contributed by atoms with Crippen LogP contribution in [-0.2, 0) is 14.3 Å². The number of nitrogens with zero attached hydrogens (tertiary/aromatic N) is 1. The van der Waals surface area contributed by atoms with Gasteiger partial charge in [0.15, 0.2) is 5.96 Å². The number of esters is 1. The number of amides is 1. The highest BCUT2D eigenvalue weighted by Crippen LogP contribution is 2.14. The van der Waals surface area contributed by atoms with Crippen molar-refractivity contribution in [2.24, 2.45) is 11.5 Å². The molecule has 0 heterocycles. The predicted molar refractivity (Wildman–Crippen MR) is 132 cm³/mol. The van der Waals surface area contributed by atoms with Gasteiger partial charge in [-0.25, -0.2) is 0 Å². The Morgan fingerprint density at radius 1 is 0.812 bits per heavy atom. The normalized spacial score (nSPS) is 11.8. The molecule has 0 aliphatic carbocycles. The third-order valence-electron chi connectivity index (χ3n) is 5.99. The van der Waals surface area contributed by atoms with Crippen molar-refractivity contribution in [2.45, 2.75) is 129 Å². The van der Waals surface area contributed by atoms with Gasteiger partial charge in [0.1, 0.15) is 6.04 Å². The Bertz CT molecular complexity index is 500. The van der Waals surface area contributed by atoms with Gasteiger partial charge < -0.3 is 16.2 Å². The fourth-order valence-electron chi connectivity index (χ4n) is 3.90. The number of ether oxygens (including phenoxy) is 1. The number of methoxy groups -OCH3 is 1. The van der Waals surface area contributed by atoms with Crippen LogP contribution < -0.4 is 11.5 Å². The molecule has 0 rings (SSSR count). The van der Waals surface area contributed by atoms with Crippen molar-refractivity contribution in [1.82, 2.24) is 4.90 Å². The number of nitrogens with one attached hydrogen (secondary N) is 1. The number of hydrogen-bond donors (Lipinski definition) is 3. The lowest BCUT2D eigenvalue weighted by Crippen LogP contribution is -2.42. The van der Waals surface area contributed by atoms with Crippen LogP contribution in [0.5, 0.6) is 0 Å². The Labute approximate surface area is 196 Å². The lowest BCUT2D eigenvalue weighted by atomic mass is 10.0. The van der Waals surface area contributed by atoms with Gasteiger partial charge in [0.2, 0.25) is 5.91 Å². The van der Waals surface area contributed by atoms with Gasteiger partial charge in [-0.05, 0) is 19.3 Å². The van der Waals surface area contributed by atoms with E-state index in [1.165, 1.54) is 89.1 Å². The molecular formula is C25H50N4O3. The number of carbonyl (C=O) groups is 2. The Kier molecular flexibility index (Phi) is 20.1. The molecule has 1 amide bonds. The van der Waals surface area contributed by atoms with Gasteiger partial charge >= 0.3 is 5.97 Å². The van der Waals surface area contributed by atoms with Gasteiger partial charge in [-0.15, -0.1) is 0 Å². The molecule has 0 fully saturated rings. The molecule has 188 valence electrons. The summed E-state index contributed by atoms with van der Waals surface area (Å²) in [4.78, 5) is 25.0. The van der Waals surface area contributed by atoms with Gasteiger partial charge in [-0.1, -0.05) is 96.8 Å². The number of rotatable bonds is 21. The second kappa shape index (κ2) is 21.2. The first-order chi connectivity index (χ1) is 15.4. The minimum Gasteiger partial charge on any atom is -0.468 e. The summed E-state index contributed by atoms with van der Waals surface area (Å²) in [6.45, 7) is 2.57. The molecule has 5 N–H and O–H groups in total. The molecule has 0 bridgehead atoms. The third-order valence-corrected chi connectivity index (χ3v) is 5.99. The average Bonchev–Trinajstić information content (AvgIpc) is 2.78. The minimum absolute atomic E-state index is 0.126. The van der Waals surface area contributed by atoms with Crippen molar-refractivity contribution in [3.05, 3.63) is 0 Å². The molecule has 0 unspecified atom stereocenters. The molecular weight excluding hydrogens is 404 g/mol. The zero-order valence-corrected chi connectivity index (χ0v) is 20.8. The van der Waals surface area contributed by atoms with E-state index in [0.717, 1.165) is 19.3 Å². The quantitative estimate of drug-likeness (QED) is 0.0946. The van der Waals surface area contributed by atoms with E-state index in [1.807, 2.05) is 0 Å². The van der Waals surface area contributed by atoms with Gasteiger partial charge in [-0.3, -0.25) is 19.9 Å². The highest BCUT2D eigenvalue weighted by molar-refractivity contribution is 5.94. The number of unbranched alkanes of at least 4 members (excludes halogenated alkanes) is 14. The largest absolute Gasteiger partial charge is 0.468 e. The molecule has 0 aromatic rings. The maximum Gasteiger partial charge on any atom is 0.322 e. The fourth-order valence-corrected chi connectivity index (χ4v) is 3.90. The van der Waals surface area contributed by atoms with Gasteiger partial charge in [0.05, 0.1) is 7.11 Å². The summed E-state index contributed by atoms with van der Waals surface area (Å²) in [7, 11) is 1.30. The van der Waals surface area contributed by atoms with E-state index in [9.17, 15) is 9.59 Å². The van der Waals surface area contributed by atoms with Gasteiger partial charge in [0, 0.05) is 13.0 Å². The zero-order chi connectivity index (χ0) is 24.0. The van der Waals surface area contributed by atoms with Crippen LogP contribution in [0, 0.1) is 5.41 Å². The van der Waals surface area contributed by atoms with E-state index in [2.05, 4.69) is 11.7 Å². The smallest absolute Gasteiger partial charge is 0.322 e. The summed E-state index contributed by atoms with van der Waals surface area (Å²) in [6, 6.07) is -0.709. The fraction of sp³-hybridized carbons (Fsp3) is 0.880. The number of guanidine groups is 1. The average molecular weight is 455 g/mol. The Balaban J connectivity index is 3.66. The van der Waals surface area contributed by atoms with Crippen molar-refractivity contribution in [2.75, 3.05) is 13.7 Å². The van der Waals surface area contributed by atoms with Crippen LogP contribution in [0.25, 0.3) is 0 Å². The Hall–Kier alpha value is -1.63. The topological polar surface area (TPSA) is 122 Å². The first kappa shape index (κ1) is 30.4. The van der Waals surface area contributed by atoms with E-state index >= 15 is 0 Å². The van der Waals surface area contributed by atoms with E-state index in [1.54, 1.807) is 0 Å². The number of hydrogen-bond acceptors (Lipinski definition) is 5. The van der Waals surface area contributed by atoms with Gasteiger partial charge in [0.25, 0.3) is 0 Å². The molecule has 0 aromatic heterocycles. The maximum atomic E-state index is 12.4. The third kappa shape index (κ3) is 17.0. The molecule has 7 heteroatoms. The van der Waals surface area contributed by atoms with E-state index in [4.69, 9.17) is 16.9 Å². The summed E-state index contributed by atoms with van der Waals surface area (Å²) in [6.07, 6.45) is 20.5. The first-order valence-electron chi connectivity index (χ1n) is 12.9. The highest BCUT2D eigenvalue weighted by Gasteiger charge is 2.18. The SMILES string of the molecule is CCCCCCCCCCCCCCCCCC(=O)N(CCC[C@H](N)C(=O)OC)C(=N)N. The van der Waals surface area contributed by atoms with Crippen molar-refractivity contribution in [1.29, 1.82) is 5.41 Å². The van der Waals surface area contributed by atoms with E-state index < -0.39 is 12.0 Å². The van der Waals surface area contributed by atoms with Crippen LogP contribution >= 0.6 is 0 Å². The van der Waals surface area contributed by atoms with E-state index in [0.29, 0.717) is 25.8 Å². The molecule has 0 saturated carbocycles. The summed E-state index contributed by atoms with van der Waals surface area (Å²) in [5.41, 5.74) is 11.3. The molecule has 32 heavy (non-hydrogen) atoms. The summed E-state index contributed by atoms with van der Waals surface area (Å²) < 4.78 is 4.59. The lowest BCUT2D eigenvalue weighted by Gasteiger charge is -2.21. The zero-order valence-electron chi connectivity index (χ0n) is 20.8. The van der Waals surface area contributed by atoms with Crippen LogP contribution in [0.2, 0.25) is 0 Å². The molecule has 0 spiro atoms. The Morgan fingerprint density at radius 2 is 1.25 bits per heavy atom. The second-order valence-electron chi connectivity index (χ2n) is 8.90. The van der Waals surface area contributed by atoms with Crippen LogP contribution in [0.15, 0.2) is 0 Å². The van der Waals surface area contributed by atoms with Gasteiger partial charge in [-0.2, -0.15) is 0 Å². The standard InChI is InChI=1S/C25H50N4O3/c1-3-4-5-6-7-8-9-10-11-12-13-14-15-16-17-20-23(30)29(25(27)28)21-18-19-22(26)24(31)32-2/h22H,3-21,26H2,1-2H3,(H3,27,28)/t22-/m0/s1. The Morgan fingerprint density at radius 3 is 1.66 bits per heavy atom. The molecule has 7 nitrogen and oxygen atoms in total. The summed E-state index contributed by atoms with van der Waals surface area (Å²) >= 11 is 0. The molecule has 1 atom stereocenters. The number of nitrogens with two attached hydrogens (primary N) is 2. The predicted octanol–water partition coefficient (Wildman–Crippen LogP) is 5.25. The molecule has 0 aromatic carbocycles. The van der Waals surface area contributed by atoms with Crippen molar-refractivity contribution in [3.63, 3.8) is 0 Å². The van der Waals surface area contributed by atoms with Crippen LogP contribution in [0.3, 0.4) is 0 Å². The molecule has 0 radical (unpaired) electrons. The first-order valence-corrected chi connectivity index (χ1v) is 12.9. The van der Waals surface area contributed by atoms with Crippen molar-refractivity contribution in [3.8, 4) is 0 Å². The lowest BCUT2D eigenvalue weighted by molar-refractivity contribution is -0.142. The van der Waals surface area contributed by atoms with Crippen molar-refractivity contribution < 1.29 is 14.3 Å². The summed E-state index contributed by atoms with van der Waals surface area (Å²) in [5, 5.41) is 7.64. The van der Waals surface area contributed by atoms with Crippen LogP contribution in [-0.4, -0.2) is 42.4 Å². The number of carbonyl (C=O) groups excluding carboxylic acids is 2. The van der Waals surface area contributed by atoms with E-state index in [-0.39, 0.29) is 11.9 Å². The highest BCUT2D eigenvalue weighted by atomic mass is 16.5. The monoisotopic (exact) mass is 454 g/mol. The molecule has 0 saturated heterocycles. The van der Waals surface area contributed by atoms with Crippen LogP contribution in [0.1, 0.15) is 122 Å². The molecule has 0 aliphatic rings. The second-order valence-corrected chi connectivity index (χ2v) is 8.90.